The number of benzene rings is 1. The molecule has 0 saturated heterocycles. The van der Waals surface area contributed by atoms with Crippen molar-refractivity contribution in [3.05, 3.63) is 34.4 Å². The van der Waals surface area contributed by atoms with E-state index in [2.05, 4.69) is 10.1 Å². The highest BCUT2D eigenvalue weighted by Crippen LogP contribution is 2.19. The van der Waals surface area contributed by atoms with E-state index in [9.17, 15) is 4.39 Å². The van der Waals surface area contributed by atoms with Gasteiger partial charge in [0.05, 0.1) is 0 Å². The first-order valence-corrected chi connectivity index (χ1v) is 4.39. The number of hydrogen-bond donors (Lipinski definition) is 1. The highest BCUT2D eigenvalue weighted by atomic mass is 32.1. The lowest BCUT2D eigenvalue weighted by Crippen LogP contribution is -1.84. The second-order valence-electron chi connectivity index (χ2n) is 2.89. The van der Waals surface area contributed by atoms with Crippen LogP contribution in [-0.2, 0) is 0 Å². The maximum absolute atomic E-state index is 13.2. The van der Waals surface area contributed by atoms with Gasteiger partial charge in [-0.2, -0.15) is 10.1 Å². The summed E-state index contributed by atoms with van der Waals surface area (Å²) >= 11 is 4.74. The molecule has 0 atom stereocenters. The number of nitrogens with one attached hydrogen (secondary N) is 1. The maximum Gasteiger partial charge on any atom is 0.256 e. The average molecular weight is 210 g/mol. The summed E-state index contributed by atoms with van der Waals surface area (Å²) in [7, 11) is 0. The standard InChI is InChI=1S/C9H7FN2OS/c1-5-2-3-6(4-7(5)10)8-11-9(14)12-13-8/h2-4H,1H3,(H,12,14). The first-order chi connectivity index (χ1) is 6.66. The Labute approximate surface area is 84.6 Å². The third kappa shape index (κ3) is 1.58. The fourth-order valence-corrected chi connectivity index (χ4v) is 1.20. The van der Waals surface area contributed by atoms with Crippen molar-refractivity contribution in [1.29, 1.82) is 0 Å². The molecule has 0 radical (unpaired) electrons. The molecule has 2 rings (SSSR count). The number of aryl methyl sites for hydroxylation is 1. The summed E-state index contributed by atoms with van der Waals surface area (Å²) in [6.07, 6.45) is 0. The summed E-state index contributed by atoms with van der Waals surface area (Å²) in [5.74, 6) is 0.0144. The van der Waals surface area contributed by atoms with Crippen molar-refractivity contribution < 1.29 is 8.91 Å². The Bertz CT molecular complexity index is 518. The Hall–Kier alpha value is -1.49. The molecule has 2 aromatic rings. The van der Waals surface area contributed by atoms with Crippen LogP contribution in [0.3, 0.4) is 0 Å². The zero-order valence-electron chi connectivity index (χ0n) is 7.37. The van der Waals surface area contributed by atoms with E-state index in [-0.39, 0.29) is 10.6 Å². The number of aromatic amines is 1. The number of rotatable bonds is 1. The van der Waals surface area contributed by atoms with Gasteiger partial charge >= 0.3 is 0 Å². The van der Waals surface area contributed by atoms with Gasteiger partial charge in [-0.15, -0.1) is 0 Å². The Morgan fingerprint density at radius 2 is 2.29 bits per heavy atom. The van der Waals surface area contributed by atoms with E-state index in [0.717, 1.165) is 0 Å². The SMILES string of the molecule is Cc1ccc(-c2nc(=S)[nH]o2)cc1F. The molecule has 14 heavy (non-hydrogen) atoms. The second-order valence-corrected chi connectivity index (χ2v) is 3.28. The molecule has 0 bridgehead atoms. The van der Waals surface area contributed by atoms with Crippen LogP contribution in [0.15, 0.2) is 22.7 Å². The van der Waals surface area contributed by atoms with Gasteiger partial charge < -0.3 is 4.52 Å². The minimum Gasteiger partial charge on any atom is -0.359 e. The lowest BCUT2D eigenvalue weighted by molar-refractivity contribution is 0.427. The van der Waals surface area contributed by atoms with Crippen LogP contribution in [0.25, 0.3) is 11.5 Å². The van der Waals surface area contributed by atoms with Gasteiger partial charge in [-0.1, -0.05) is 6.07 Å². The predicted octanol–water partition coefficient (Wildman–Crippen LogP) is 2.85. The molecule has 0 unspecified atom stereocenters. The molecule has 0 fully saturated rings. The highest BCUT2D eigenvalue weighted by molar-refractivity contribution is 7.71. The van der Waals surface area contributed by atoms with Crippen molar-refractivity contribution in [1.82, 2.24) is 10.1 Å². The fourth-order valence-electron chi connectivity index (χ4n) is 1.08. The van der Waals surface area contributed by atoms with Gasteiger partial charge in [0.2, 0.25) is 4.77 Å². The van der Waals surface area contributed by atoms with Gasteiger partial charge in [0.1, 0.15) is 5.82 Å². The molecular weight excluding hydrogens is 203 g/mol. The Morgan fingerprint density at radius 3 is 2.86 bits per heavy atom. The van der Waals surface area contributed by atoms with Gasteiger partial charge in [-0.3, -0.25) is 0 Å². The molecule has 0 amide bonds. The predicted molar refractivity (Wildman–Crippen MR) is 51.8 cm³/mol. The number of hydrogen-bond acceptors (Lipinski definition) is 3. The fraction of sp³-hybridized carbons (Fsp3) is 0.111. The second kappa shape index (κ2) is 3.34. The number of halogens is 1. The van der Waals surface area contributed by atoms with Crippen molar-refractivity contribution in [3.63, 3.8) is 0 Å². The average Bonchev–Trinajstić information content (AvgIpc) is 2.57. The van der Waals surface area contributed by atoms with Gasteiger partial charge in [-0.05, 0) is 36.8 Å². The van der Waals surface area contributed by atoms with Crippen LogP contribution in [-0.4, -0.2) is 10.1 Å². The van der Waals surface area contributed by atoms with E-state index in [0.29, 0.717) is 17.0 Å². The summed E-state index contributed by atoms with van der Waals surface area (Å²) < 4.78 is 18.4. The number of nitrogens with zero attached hydrogens (tertiary/aromatic N) is 1. The number of aromatic nitrogens is 2. The Balaban J connectivity index is 2.52. The minimum absolute atomic E-state index is 0.251. The van der Waals surface area contributed by atoms with E-state index in [1.54, 1.807) is 19.1 Å². The topological polar surface area (TPSA) is 41.8 Å². The zero-order valence-corrected chi connectivity index (χ0v) is 8.19. The van der Waals surface area contributed by atoms with Crippen LogP contribution >= 0.6 is 12.2 Å². The van der Waals surface area contributed by atoms with Gasteiger partial charge in [0, 0.05) is 5.56 Å². The molecule has 1 N–H and O–H groups in total. The quantitative estimate of drug-likeness (QED) is 0.736. The van der Waals surface area contributed by atoms with Crippen molar-refractivity contribution in [2.75, 3.05) is 0 Å². The molecule has 5 heteroatoms. The molecule has 0 aliphatic carbocycles. The van der Waals surface area contributed by atoms with E-state index in [1.165, 1.54) is 6.07 Å². The van der Waals surface area contributed by atoms with Crippen molar-refractivity contribution in [3.8, 4) is 11.5 Å². The third-order valence-electron chi connectivity index (χ3n) is 1.86. The van der Waals surface area contributed by atoms with E-state index >= 15 is 0 Å². The van der Waals surface area contributed by atoms with Gasteiger partial charge in [0.15, 0.2) is 0 Å². The first kappa shape index (κ1) is 9.08. The molecule has 1 aromatic carbocycles. The molecular formula is C9H7FN2OS. The summed E-state index contributed by atoms with van der Waals surface area (Å²) in [5, 5.41) is 2.41. The molecule has 0 aliphatic heterocycles. The zero-order chi connectivity index (χ0) is 10.1. The summed E-state index contributed by atoms with van der Waals surface area (Å²) in [6.45, 7) is 1.69. The van der Waals surface area contributed by atoms with E-state index in [1.807, 2.05) is 0 Å². The molecule has 0 spiro atoms. The van der Waals surface area contributed by atoms with Crippen LogP contribution in [0.5, 0.6) is 0 Å². The Morgan fingerprint density at radius 1 is 1.50 bits per heavy atom. The lowest BCUT2D eigenvalue weighted by atomic mass is 10.1. The van der Waals surface area contributed by atoms with Crippen molar-refractivity contribution in [2.45, 2.75) is 6.92 Å². The smallest absolute Gasteiger partial charge is 0.256 e. The van der Waals surface area contributed by atoms with Crippen molar-refractivity contribution in [2.24, 2.45) is 0 Å². The van der Waals surface area contributed by atoms with Crippen LogP contribution in [0.2, 0.25) is 0 Å². The maximum atomic E-state index is 13.2. The minimum atomic E-state index is -0.286. The lowest BCUT2D eigenvalue weighted by Gasteiger charge is -1.97. The van der Waals surface area contributed by atoms with Gasteiger partial charge in [0.25, 0.3) is 5.89 Å². The monoisotopic (exact) mass is 210 g/mol. The van der Waals surface area contributed by atoms with Crippen molar-refractivity contribution >= 4 is 12.2 Å². The molecule has 0 aliphatic rings. The molecule has 3 nitrogen and oxygen atoms in total. The van der Waals surface area contributed by atoms with E-state index < -0.39 is 0 Å². The molecule has 72 valence electrons. The first-order valence-electron chi connectivity index (χ1n) is 3.99. The van der Waals surface area contributed by atoms with Crippen LogP contribution in [0.4, 0.5) is 4.39 Å². The highest BCUT2D eigenvalue weighted by Gasteiger charge is 2.06. The normalized spacial score (nSPS) is 10.4. The van der Waals surface area contributed by atoms with Crippen LogP contribution in [0, 0.1) is 17.5 Å². The summed E-state index contributed by atoms with van der Waals surface area (Å²) in [5.41, 5.74) is 1.16. The number of H-pyrrole nitrogens is 1. The Kier molecular flexibility index (Phi) is 2.17. The third-order valence-corrected chi connectivity index (χ3v) is 2.03. The van der Waals surface area contributed by atoms with Crippen LogP contribution < -0.4 is 0 Å². The molecule has 0 saturated carbocycles. The summed E-state index contributed by atoms with van der Waals surface area (Å²) in [6, 6.07) is 4.76. The largest absolute Gasteiger partial charge is 0.359 e. The van der Waals surface area contributed by atoms with E-state index in [4.69, 9.17) is 16.7 Å². The molecule has 1 aromatic heterocycles. The molecule has 1 heterocycles. The summed E-state index contributed by atoms with van der Waals surface area (Å²) in [4.78, 5) is 3.88. The van der Waals surface area contributed by atoms with Gasteiger partial charge in [-0.25, -0.2) is 4.39 Å². The van der Waals surface area contributed by atoms with Crippen LogP contribution in [0.1, 0.15) is 5.56 Å².